The lowest BCUT2D eigenvalue weighted by Gasteiger charge is -2.38. The molecule has 2 amide bonds. The lowest BCUT2D eigenvalue weighted by atomic mass is 9.91. The van der Waals surface area contributed by atoms with Gasteiger partial charge in [0, 0.05) is 19.5 Å². The molecule has 0 spiro atoms. The van der Waals surface area contributed by atoms with Crippen LogP contribution in [-0.2, 0) is 26.0 Å². The van der Waals surface area contributed by atoms with Crippen LogP contribution in [-0.4, -0.2) is 80.1 Å². The molecular formula is C31H48N4O6S. The van der Waals surface area contributed by atoms with E-state index in [4.69, 9.17) is 4.74 Å². The number of likely N-dealkylation sites (N-methyl/N-ethyl adjacent to an activating group) is 1. The minimum atomic E-state index is -4.02. The van der Waals surface area contributed by atoms with Crippen molar-refractivity contribution in [2.45, 2.75) is 77.5 Å². The van der Waals surface area contributed by atoms with Gasteiger partial charge in [0.1, 0.15) is 5.75 Å². The van der Waals surface area contributed by atoms with E-state index >= 15 is 0 Å². The second-order valence-electron chi connectivity index (χ2n) is 12.2. The van der Waals surface area contributed by atoms with Crippen molar-refractivity contribution in [1.29, 1.82) is 0 Å². The molecule has 3 N–H and O–H groups in total. The topological polar surface area (TPSA) is 128 Å². The van der Waals surface area contributed by atoms with Crippen molar-refractivity contribution in [2.24, 2.45) is 11.3 Å². The summed E-state index contributed by atoms with van der Waals surface area (Å²) in [5, 5.41) is 15.9. The zero-order chi connectivity index (χ0) is 31.7. The molecule has 0 heterocycles. The van der Waals surface area contributed by atoms with Crippen molar-refractivity contribution in [1.82, 2.24) is 20.1 Å². The molecule has 2 rings (SSSR count). The van der Waals surface area contributed by atoms with Crippen LogP contribution in [0.2, 0.25) is 0 Å². The Morgan fingerprint density at radius 2 is 1.57 bits per heavy atom. The van der Waals surface area contributed by atoms with Crippen LogP contribution in [0.15, 0.2) is 59.5 Å². The van der Waals surface area contributed by atoms with E-state index in [-0.39, 0.29) is 42.7 Å². The monoisotopic (exact) mass is 604 g/mol. The third-order valence-corrected chi connectivity index (χ3v) is 8.57. The molecule has 11 heteroatoms. The van der Waals surface area contributed by atoms with E-state index in [1.165, 1.54) is 28.6 Å². The van der Waals surface area contributed by atoms with E-state index in [1.807, 2.05) is 65.0 Å². The number of carbonyl (C=O) groups is 2. The second-order valence-corrected chi connectivity index (χ2v) is 14.1. The van der Waals surface area contributed by atoms with Crippen molar-refractivity contribution in [2.75, 3.05) is 27.2 Å². The van der Waals surface area contributed by atoms with Crippen LogP contribution in [0.3, 0.4) is 0 Å². The van der Waals surface area contributed by atoms with Crippen LogP contribution in [0.4, 0.5) is 0 Å². The largest absolute Gasteiger partial charge is 0.497 e. The van der Waals surface area contributed by atoms with E-state index in [2.05, 4.69) is 10.7 Å². The van der Waals surface area contributed by atoms with Crippen LogP contribution in [0.1, 0.15) is 53.5 Å². The highest BCUT2D eigenvalue weighted by molar-refractivity contribution is 7.89. The quantitative estimate of drug-likeness (QED) is 0.283. The van der Waals surface area contributed by atoms with Crippen molar-refractivity contribution in [3.05, 3.63) is 60.2 Å². The number of amides is 2. The number of methoxy groups -OCH3 is 1. The zero-order valence-corrected chi connectivity index (χ0v) is 26.9. The number of aliphatic hydroxyl groups excluding tert-OH is 1. The van der Waals surface area contributed by atoms with Gasteiger partial charge < -0.3 is 15.2 Å². The summed E-state index contributed by atoms with van der Waals surface area (Å²) in [6, 6.07) is 13.8. The van der Waals surface area contributed by atoms with Crippen molar-refractivity contribution in [3.8, 4) is 5.75 Å². The first-order valence-corrected chi connectivity index (χ1v) is 15.7. The Balaban J connectivity index is 2.56. The number of rotatable bonds is 14. The highest BCUT2D eigenvalue weighted by Gasteiger charge is 2.37. The molecule has 234 valence electrons. The summed E-state index contributed by atoms with van der Waals surface area (Å²) in [7, 11) is -0.886. The van der Waals surface area contributed by atoms with E-state index in [0.29, 0.717) is 5.75 Å². The summed E-state index contributed by atoms with van der Waals surface area (Å²) in [6.07, 6.45) is -1.06. The Hall–Kier alpha value is -2.99. The molecule has 10 nitrogen and oxygen atoms in total. The molecule has 0 fully saturated rings. The Morgan fingerprint density at radius 3 is 2.07 bits per heavy atom. The van der Waals surface area contributed by atoms with Crippen molar-refractivity contribution >= 4 is 21.8 Å². The molecule has 0 aromatic heterocycles. The van der Waals surface area contributed by atoms with E-state index in [0.717, 1.165) is 5.56 Å². The zero-order valence-electron chi connectivity index (χ0n) is 26.1. The molecule has 0 saturated heterocycles. The predicted octanol–water partition coefficient (Wildman–Crippen LogP) is 3.22. The fourth-order valence-corrected chi connectivity index (χ4v) is 6.00. The molecule has 0 aliphatic heterocycles. The minimum absolute atomic E-state index is 0.0485. The maximum atomic E-state index is 13.8. The van der Waals surface area contributed by atoms with Crippen molar-refractivity contribution in [3.63, 3.8) is 0 Å². The Kier molecular flexibility index (Phi) is 13.0. The summed E-state index contributed by atoms with van der Waals surface area (Å²) in [6.45, 7) is 11.0. The molecule has 0 saturated carbocycles. The summed E-state index contributed by atoms with van der Waals surface area (Å²) >= 11 is 0. The number of carbonyl (C=O) groups excluding carboxylic acids is 2. The highest BCUT2D eigenvalue weighted by Crippen LogP contribution is 2.25. The first-order chi connectivity index (χ1) is 19.6. The molecule has 0 radical (unpaired) electrons. The molecule has 3 atom stereocenters. The number of ether oxygens (including phenoxy) is 1. The van der Waals surface area contributed by atoms with Gasteiger partial charge >= 0.3 is 0 Å². The van der Waals surface area contributed by atoms with Crippen LogP contribution in [0.25, 0.3) is 0 Å². The van der Waals surface area contributed by atoms with Gasteiger partial charge in [-0.15, -0.1) is 0 Å². The van der Waals surface area contributed by atoms with Crippen LogP contribution >= 0.6 is 0 Å². The number of hydrazine groups is 1. The summed E-state index contributed by atoms with van der Waals surface area (Å²) < 4.78 is 34.0. The first kappa shape index (κ1) is 35.2. The molecule has 0 unspecified atom stereocenters. The van der Waals surface area contributed by atoms with Gasteiger partial charge in [-0.3, -0.25) is 15.0 Å². The maximum Gasteiger partial charge on any atom is 0.255 e. The average molecular weight is 605 g/mol. The molecule has 2 aromatic carbocycles. The summed E-state index contributed by atoms with van der Waals surface area (Å²) in [5.74, 6) is -0.359. The summed E-state index contributed by atoms with van der Waals surface area (Å²) in [4.78, 5) is 26.8. The number of hydrogen-bond donors (Lipinski definition) is 3. The van der Waals surface area contributed by atoms with Gasteiger partial charge in [-0.2, -0.15) is 4.31 Å². The van der Waals surface area contributed by atoms with E-state index in [9.17, 15) is 23.1 Å². The first-order valence-electron chi connectivity index (χ1n) is 14.2. The third-order valence-electron chi connectivity index (χ3n) is 6.73. The predicted molar refractivity (Wildman–Crippen MR) is 164 cm³/mol. The fraction of sp³-hybridized carbons (Fsp3) is 0.548. The molecule has 0 aliphatic rings. The maximum absolute atomic E-state index is 13.8. The Bertz CT molecular complexity index is 1250. The Labute approximate surface area is 251 Å². The van der Waals surface area contributed by atoms with Gasteiger partial charge in [-0.05, 0) is 61.6 Å². The van der Waals surface area contributed by atoms with Crippen LogP contribution < -0.4 is 15.5 Å². The smallest absolute Gasteiger partial charge is 0.255 e. The molecule has 0 aliphatic carbocycles. The number of nitrogens with zero attached hydrogens (tertiary/aromatic N) is 2. The van der Waals surface area contributed by atoms with E-state index in [1.54, 1.807) is 26.1 Å². The Morgan fingerprint density at radius 1 is 0.976 bits per heavy atom. The van der Waals surface area contributed by atoms with Crippen molar-refractivity contribution < 1.29 is 27.9 Å². The SMILES string of the molecule is CN[C@H](C)C(=O)NN(C(=O)CC(C)(C)C)[C@@H](Cc1ccccc1)[C@H](O)CN(CC(C)C)S(=O)(=O)c1ccc(OC)cc1. The fourth-order valence-electron chi connectivity index (χ4n) is 4.38. The van der Waals surface area contributed by atoms with Gasteiger partial charge in [0.15, 0.2) is 0 Å². The minimum Gasteiger partial charge on any atom is -0.497 e. The molecule has 2 aromatic rings. The van der Waals surface area contributed by atoms with Gasteiger partial charge in [0.25, 0.3) is 5.91 Å². The number of hydrogen-bond acceptors (Lipinski definition) is 7. The average Bonchev–Trinajstić information content (AvgIpc) is 2.93. The highest BCUT2D eigenvalue weighted by atomic mass is 32.2. The molecule has 0 bridgehead atoms. The third kappa shape index (κ3) is 10.4. The summed E-state index contributed by atoms with van der Waals surface area (Å²) in [5.41, 5.74) is 3.14. The van der Waals surface area contributed by atoms with Gasteiger partial charge in [-0.25, -0.2) is 13.4 Å². The standard InChI is InChI=1S/C31H48N4O6S/c1-22(2)20-34(42(39,40)26-16-14-25(41-8)15-17-26)21-28(36)27(18-24-12-10-9-11-13-24)35(29(37)19-31(4,5)6)33-30(38)23(3)32-7/h9-17,22-23,27-28,32,36H,18-21H2,1-8H3,(H,33,38)/t23-,27+,28-/m1/s1. The lowest BCUT2D eigenvalue weighted by molar-refractivity contribution is -0.150. The number of nitrogens with one attached hydrogen (secondary N) is 2. The number of benzene rings is 2. The second kappa shape index (κ2) is 15.5. The lowest BCUT2D eigenvalue weighted by Crippen LogP contribution is -2.61. The molecular weight excluding hydrogens is 556 g/mol. The number of aliphatic hydroxyl groups is 1. The van der Waals surface area contributed by atoms with Gasteiger partial charge in [0.2, 0.25) is 15.9 Å². The van der Waals surface area contributed by atoms with Crippen LogP contribution in [0, 0.1) is 11.3 Å². The normalized spacial score (nSPS) is 14.4. The van der Waals surface area contributed by atoms with E-state index < -0.39 is 39.5 Å². The molecule has 42 heavy (non-hydrogen) atoms. The van der Waals surface area contributed by atoms with Gasteiger partial charge in [-0.1, -0.05) is 65.0 Å². The van der Waals surface area contributed by atoms with Gasteiger partial charge in [0.05, 0.1) is 30.2 Å². The number of sulfonamides is 1. The van der Waals surface area contributed by atoms with Crippen LogP contribution in [0.5, 0.6) is 5.75 Å².